The minimum atomic E-state index is 0.0747. The maximum absolute atomic E-state index is 6.21. The van der Waals surface area contributed by atoms with Crippen LogP contribution in [0.4, 0.5) is 5.69 Å². The van der Waals surface area contributed by atoms with Crippen molar-refractivity contribution in [3.05, 3.63) is 41.4 Å². The standard InChI is InChI=1S/C15H17ClN4O/c1-11-7-18-15(19-8-11)21-12-3-2-6-20(10-12)14-4-5-17-9-13(14)16/h4-5,7-9,12H,2-3,6,10H2,1H3. The van der Waals surface area contributed by atoms with Crippen molar-refractivity contribution in [2.45, 2.75) is 25.9 Å². The Hall–Kier alpha value is -1.88. The number of hydrogen-bond donors (Lipinski definition) is 0. The highest BCUT2D eigenvalue weighted by molar-refractivity contribution is 6.33. The van der Waals surface area contributed by atoms with Gasteiger partial charge < -0.3 is 9.64 Å². The summed E-state index contributed by atoms with van der Waals surface area (Å²) in [5.74, 6) is 0. The first kappa shape index (κ1) is 14.1. The lowest BCUT2D eigenvalue weighted by Gasteiger charge is -2.34. The van der Waals surface area contributed by atoms with Gasteiger partial charge in [0.15, 0.2) is 0 Å². The molecule has 1 saturated heterocycles. The molecule has 2 aromatic rings. The Labute approximate surface area is 129 Å². The van der Waals surface area contributed by atoms with Crippen LogP contribution in [0.5, 0.6) is 6.01 Å². The minimum absolute atomic E-state index is 0.0747. The molecule has 1 unspecified atom stereocenters. The van der Waals surface area contributed by atoms with Gasteiger partial charge in [-0.2, -0.15) is 0 Å². The Morgan fingerprint density at radius 2 is 2.10 bits per heavy atom. The van der Waals surface area contributed by atoms with Gasteiger partial charge in [-0.1, -0.05) is 11.6 Å². The van der Waals surface area contributed by atoms with Gasteiger partial charge in [-0.05, 0) is 31.4 Å². The van der Waals surface area contributed by atoms with Crippen LogP contribution in [-0.4, -0.2) is 34.1 Å². The topological polar surface area (TPSA) is 51.1 Å². The van der Waals surface area contributed by atoms with Gasteiger partial charge in [0.05, 0.1) is 17.3 Å². The van der Waals surface area contributed by atoms with E-state index in [1.807, 2.05) is 13.0 Å². The monoisotopic (exact) mass is 304 g/mol. The van der Waals surface area contributed by atoms with Crippen molar-refractivity contribution in [2.24, 2.45) is 0 Å². The van der Waals surface area contributed by atoms with E-state index >= 15 is 0 Å². The van der Waals surface area contributed by atoms with Gasteiger partial charge in [0.1, 0.15) is 6.10 Å². The van der Waals surface area contributed by atoms with E-state index in [0.29, 0.717) is 11.0 Å². The number of piperidine rings is 1. The molecule has 5 nitrogen and oxygen atoms in total. The predicted octanol–water partition coefficient (Wildman–Crippen LogP) is 2.88. The summed E-state index contributed by atoms with van der Waals surface area (Å²) in [6, 6.07) is 2.38. The molecule has 1 fully saturated rings. The van der Waals surface area contributed by atoms with E-state index in [1.165, 1.54) is 0 Å². The number of aryl methyl sites for hydroxylation is 1. The van der Waals surface area contributed by atoms with Crippen LogP contribution >= 0.6 is 11.6 Å². The maximum atomic E-state index is 6.21. The molecule has 0 N–H and O–H groups in total. The summed E-state index contributed by atoms with van der Waals surface area (Å²) >= 11 is 6.21. The second kappa shape index (κ2) is 6.26. The maximum Gasteiger partial charge on any atom is 0.316 e. The van der Waals surface area contributed by atoms with Crippen molar-refractivity contribution < 1.29 is 4.74 Å². The fraction of sp³-hybridized carbons (Fsp3) is 0.400. The third kappa shape index (κ3) is 3.42. The molecule has 0 bridgehead atoms. The first-order chi connectivity index (χ1) is 10.2. The van der Waals surface area contributed by atoms with Gasteiger partial charge in [0.2, 0.25) is 0 Å². The van der Waals surface area contributed by atoms with Gasteiger partial charge >= 0.3 is 6.01 Å². The molecule has 1 atom stereocenters. The number of rotatable bonds is 3. The van der Waals surface area contributed by atoms with E-state index in [4.69, 9.17) is 16.3 Å². The molecular weight excluding hydrogens is 288 g/mol. The Morgan fingerprint density at radius 3 is 2.86 bits per heavy atom. The highest BCUT2D eigenvalue weighted by Gasteiger charge is 2.23. The van der Waals surface area contributed by atoms with Crippen LogP contribution in [0.25, 0.3) is 0 Å². The first-order valence-electron chi connectivity index (χ1n) is 7.02. The Balaban J connectivity index is 1.68. The van der Waals surface area contributed by atoms with E-state index in [1.54, 1.807) is 24.8 Å². The van der Waals surface area contributed by atoms with Gasteiger partial charge in [0, 0.05) is 31.3 Å². The van der Waals surface area contributed by atoms with E-state index < -0.39 is 0 Å². The molecule has 21 heavy (non-hydrogen) atoms. The summed E-state index contributed by atoms with van der Waals surface area (Å²) in [6.45, 7) is 3.71. The second-order valence-electron chi connectivity index (χ2n) is 5.20. The Bertz CT molecular complexity index is 605. The van der Waals surface area contributed by atoms with Gasteiger partial charge in [-0.25, -0.2) is 9.97 Å². The van der Waals surface area contributed by atoms with Gasteiger partial charge in [-0.15, -0.1) is 0 Å². The molecular formula is C15H17ClN4O. The van der Waals surface area contributed by atoms with Crippen molar-refractivity contribution >= 4 is 17.3 Å². The van der Waals surface area contributed by atoms with E-state index in [2.05, 4.69) is 19.9 Å². The molecule has 110 valence electrons. The summed E-state index contributed by atoms with van der Waals surface area (Å²) in [4.78, 5) is 14.7. The molecule has 2 aromatic heterocycles. The van der Waals surface area contributed by atoms with Crippen LogP contribution in [0.2, 0.25) is 5.02 Å². The largest absolute Gasteiger partial charge is 0.458 e. The molecule has 0 saturated carbocycles. The fourth-order valence-electron chi connectivity index (χ4n) is 2.47. The number of hydrogen-bond acceptors (Lipinski definition) is 5. The molecule has 6 heteroatoms. The van der Waals surface area contributed by atoms with E-state index in [-0.39, 0.29) is 6.10 Å². The van der Waals surface area contributed by atoms with Crippen LogP contribution in [0, 0.1) is 6.92 Å². The molecule has 3 heterocycles. The predicted molar refractivity (Wildman–Crippen MR) is 81.9 cm³/mol. The van der Waals surface area contributed by atoms with E-state index in [9.17, 15) is 0 Å². The summed E-state index contributed by atoms with van der Waals surface area (Å²) in [5.41, 5.74) is 2.03. The highest BCUT2D eigenvalue weighted by atomic mass is 35.5. The number of ether oxygens (including phenoxy) is 1. The van der Waals surface area contributed by atoms with Gasteiger partial charge in [0.25, 0.3) is 0 Å². The highest BCUT2D eigenvalue weighted by Crippen LogP contribution is 2.27. The fourth-order valence-corrected chi connectivity index (χ4v) is 2.71. The third-order valence-electron chi connectivity index (χ3n) is 3.50. The molecule has 1 aliphatic heterocycles. The van der Waals surface area contributed by atoms with Crippen molar-refractivity contribution in [2.75, 3.05) is 18.0 Å². The number of pyridine rings is 1. The molecule has 1 aliphatic rings. The van der Waals surface area contributed by atoms with Crippen LogP contribution in [0.3, 0.4) is 0 Å². The van der Waals surface area contributed by atoms with Crippen LogP contribution in [0.15, 0.2) is 30.9 Å². The zero-order valence-electron chi connectivity index (χ0n) is 11.9. The lowest BCUT2D eigenvalue weighted by atomic mass is 10.1. The average Bonchev–Trinajstić information content (AvgIpc) is 2.50. The zero-order valence-corrected chi connectivity index (χ0v) is 12.6. The summed E-state index contributed by atoms with van der Waals surface area (Å²) < 4.78 is 5.88. The van der Waals surface area contributed by atoms with Crippen molar-refractivity contribution in [1.82, 2.24) is 15.0 Å². The molecule has 0 spiro atoms. The van der Waals surface area contributed by atoms with Crippen LogP contribution in [-0.2, 0) is 0 Å². The summed E-state index contributed by atoms with van der Waals surface area (Å²) in [6.07, 6.45) is 9.08. The SMILES string of the molecule is Cc1cnc(OC2CCCN(c3ccncc3Cl)C2)nc1. The molecule has 0 radical (unpaired) electrons. The molecule has 0 aliphatic carbocycles. The number of nitrogens with zero attached hydrogens (tertiary/aromatic N) is 4. The van der Waals surface area contributed by atoms with Crippen molar-refractivity contribution in [3.63, 3.8) is 0 Å². The van der Waals surface area contributed by atoms with Crippen molar-refractivity contribution in [3.8, 4) is 6.01 Å². The lowest BCUT2D eigenvalue weighted by molar-refractivity contribution is 0.164. The summed E-state index contributed by atoms with van der Waals surface area (Å²) in [7, 11) is 0. The molecule has 0 amide bonds. The molecule has 0 aromatic carbocycles. The quantitative estimate of drug-likeness (QED) is 0.872. The Kier molecular flexibility index (Phi) is 4.20. The lowest BCUT2D eigenvalue weighted by Crippen LogP contribution is -2.41. The Morgan fingerprint density at radius 1 is 1.29 bits per heavy atom. The van der Waals surface area contributed by atoms with Crippen LogP contribution in [0.1, 0.15) is 18.4 Å². The smallest absolute Gasteiger partial charge is 0.316 e. The normalized spacial score (nSPS) is 18.6. The zero-order chi connectivity index (χ0) is 14.7. The first-order valence-corrected chi connectivity index (χ1v) is 7.40. The van der Waals surface area contributed by atoms with Crippen molar-refractivity contribution in [1.29, 1.82) is 0 Å². The third-order valence-corrected chi connectivity index (χ3v) is 3.79. The number of anilines is 1. The minimum Gasteiger partial charge on any atom is -0.458 e. The van der Waals surface area contributed by atoms with E-state index in [0.717, 1.165) is 37.2 Å². The van der Waals surface area contributed by atoms with Gasteiger partial charge in [-0.3, -0.25) is 4.98 Å². The molecule has 3 rings (SSSR count). The van der Waals surface area contributed by atoms with Crippen LogP contribution < -0.4 is 9.64 Å². The average molecular weight is 305 g/mol. The second-order valence-corrected chi connectivity index (χ2v) is 5.61. The number of aromatic nitrogens is 3. The summed E-state index contributed by atoms with van der Waals surface area (Å²) in [5, 5.41) is 0.671. The number of halogens is 1.